The van der Waals surface area contributed by atoms with Crippen molar-refractivity contribution >= 4 is 0 Å². The third-order valence-corrected chi connectivity index (χ3v) is 4.45. The molecule has 0 fully saturated rings. The van der Waals surface area contributed by atoms with Crippen LogP contribution in [-0.4, -0.2) is 4.98 Å². The lowest BCUT2D eigenvalue weighted by atomic mass is 9.80. The summed E-state index contributed by atoms with van der Waals surface area (Å²) in [6.07, 6.45) is -0.879. The normalized spacial score (nSPS) is 12.2. The second kappa shape index (κ2) is 12.6. The van der Waals surface area contributed by atoms with Gasteiger partial charge in [0.2, 0.25) is 0 Å². The number of nitrogens with zero attached hydrogens (tertiary/aromatic N) is 1. The molecular weight excluding hydrogens is 397 g/mol. The van der Waals surface area contributed by atoms with E-state index in [9.17, 15) is 13.2 Å². The molecule has 0 bridgehead atoms. The van der Waals surface area contributed by atoms with E-state index in [2.05, 4.69) is 16.9 Å². The van der Waals surface area contributed by atoms with Gasteiger partial charge < -0.3 is 5.32 Å². The highest BCUT2D eigenvalue weighted by molar-refractivity contribution is 5.41. The zero-order chi connectivity index (χ0) is 23.3. The van der Waals surface area contributed by atoms with Crippen molar-refractivity contribution in [3.05, 3.63) is 114 Å². The number of benzene rings is 2. The molecule has 3 rings (SSSR count). The minimum Gasteiger partial charge on any atom is -0.377 e. The lowest BCUT2D eigenvalue weighted by molar-refractivity contribution is -0.137. The first-order valence-corrected chi connectivity index (χ1v) is 10.5. The highest BCUT2D eigenvalue weighted by Crippen LogP contribution is 2.36. The van der Waals surface area contributed by atoms with Crippen LogP contribution in [0.15, 0.2) is 91.8 Å². The van der Waals surface area contributed by atoms with Gasteiger partial charge in [0.15, 0.2) is 0 Å². The van der Waals surface area contributed by atoms with Crippen molar-refractivity contribution < 1.29 is 13.2 Å². The fourth-order valence-corrected chi connectivity index (χ4v) is 3.20. The molecule has 1 heterocycles. The minimum absolute atomic E-state index is 0.415. The predicted octanol–water partition coefficient (Wildman–Crippen LogP) is 7.37. The minimum atomic E-state index is -4.42. The molecule has 0 radical (unpaired) electrons. The van der Waals surface area contributed by atoms with E-state index < -0.39 is 17.3 Å². The maximum Gasteiger partial charge on any atom is 0.416 e. The summed E-state index contributed by atoms with van der Waals surface area (Å²) in [4.78, 5) is 4.44. The molecule has 1 unspecified atom stereocenters. The zero-order valence-electron chi connectivity index (χ0n) is 18.6. The molecule has 0 spiro atoms. The number of hydrogen-bond donors (Lipinski definition) is 1. The van der Waals surface area contributed by atoms with Crippen LogP contribution in [-0.2, 0) is 18.1 Å². The Kier molecular flexibility index (Phi) is 10.5. The van der Waals surface area contributed by atoms with E-state index in [1.54, 1.807) is 24.4 Å². The Labute approximate surface area is 183 Å². The molecule has 166 valence electrons. The van der Waals surface area contributed by atoms with Gasteiger partial charge in [0.1, 0.15) is 5.54 Å². The molecule has 0 aliphatic heterocycles. The van der Waals surface area contributed by atoms with Gasteiger partial charge in [0.05, 0.1) is 11.3 Å². The topological polar surface area (TPSA) is 24.9 Å². The molecule has 0 saturated heterocycles. The lowest BCUT2D eigenvalue weighted by Gasteiger charge is -2.35. The molecule has 3 aromatic rings. The van der Waals surface area contributed by atoms with E-state index >= 15 is 0 Å². The van der Waals surface area contributed by atoms with Crippen LogP contribution in [0.1, 0.15) is 50.1 Å². The number of rotatable bonds is 6. The van der Waals surface area contributed by atoms with Gasteiger partial charge >= 0.3 is 6.18 Å². The average Bonchev–Trinajstić information content (AvgIpc) is 2.82. The molecule has 0 amide bonds. The summed E-state index contributed by atoms with van der Waals surface area (Å²) in [6, 6.07) is 20.3. The standard InChI is InChI=1S/C22H19F3N2.2C2H6/c1-2-27-21(20-13-6-7-14-26-20,16-17-9-4-3-5-10-17)18-11-8-12-19(15-18)22(23,24)25;2*1-2/h2-15,27H,1,16H2;2*1-2H3. The molecule has 2 aromatic carbocycles. The summed E-state index contributed by atoms with van der Waals surface area (Å²) in [5, 5.41) is 3.19. The molecule has 1 atom stereocenters. The fourth-order valence-electron chi connectivity index (χ4n) is 3.20. The summed E-state index contributed by atoms with van der Waals surface area (Å²) >= 11 is 0. The van der Waals surface area contributed by atoms with Crippen LogP contribution < -0.4 is 5.32 Å². The Morgan fingerprint density at radius 1 is 0.839 bits per heavy atom. The predicted molar refractivity (Wildman–Crippen MR) is 123 cm³/mol. The highest BCUT2D eigenvalue weighted by Gasteiger charge is 2.38. The number of halogens is 3. The molecule has 1 aromatic heterocycles. The second-order valence-electron chi connectivity index (χ2n) is 6.21. The van der Waals surface area contributed by atoms with Crippen molar-refractivity contribution in [1.82, 2.24) is 10.3 Å². The first kappa shape index (κ1) is 26.0. The Hall–Kier alpha value is -3.08. The molecule has 0 aliphatic carbocycles. The lowest BCUT2D eigenvalue weighted by Crippen LogP contribution is -2.43. The number of alkyl halides is 3. The van der Waals surface area contributed by atoms with E-state index in [0.717, 1.165) is 11.6 Å². The first-order chi connectivity index (χ1) is 15.0. The maximum atomic E-state index is 13.3. The van der Waals surface area contributed by atoms with Gasteiger partial charge in [-0.3, -0.25) is 4.98 Å². The largest absolute Gasteiger partial charge is 0.416 e. The van der Waals surface area contributed by atoms with Gasteiger partial charge in [-0.2, -0.15) is 13.2 Å². The quantitative estimate of drug-likeness (QED) is 0.443. The number of pyridine rings is 1. The van der Waals surface area contributed by atoms with E-state index in [1.807, 2.05) is 64.1 Å². The second-order valence-corrected chi connectivity index (χ2v) is 6.21. The maximum absolute atomic E-state index is 13.3. The number of aromatic nitrogens is 1. The Balaban J connectivity index is 0.00000113. The van der Waals surface area contributed by atoms with Gasteiger partial charge in [-0.15, -0.1) is 0 Å². The summed E-state index contributed by atoms with van der Waals surface area (Å²) in [5.74, 6) is 0. The van der Waals surface area contributed by atoms with Crippen LogP contribution in [0, 0.1) is 0 Å². The van der Waals surface area contributed by atoms with E-state index in [4.69, 9.17) is 0 Å². The Morgan fingerprint density at radius 2 is 1.45 bits per heavy atom. The molecule has 1 N–H and O–H groups in total. The van der Waals surface area contributed by atoms with E-state index in [1.165, 1.54) is 18.3 Å². The van der Waals surface area contributed by atoms with Crippen LogP contribution in [0.2, 0.25) is 0 Å². The van der Waals surface area contributed by atoms with Crippen LogP contribution in [0.4, 0.5) is 13.2 Å². The Bertz CT molecular complexity index is 893. The Morgan fingerprint density at radius 3 is 2.00 bits per heavy atom. The van der Waals surface area contributed by atoms with Crippen molar-refractivity contribution in [1.29, 1.82) is 0 Å². The SMILES string of the molecule is C=CNC(Cc1ccccc1)(c1cccc(C(F)(F)F)c1)c1ccccn1.CC.CC. The third-order valence-electron chi connectivity index (χ3n) is 4.45. The number of nitrogens with one attached hydrogen (secondary N) is 1. The van der Waals surface area contributed by atoms with Gasteiger partial charge in [-0.1, -0.05) is 82.8 Å². The fraction of sp³-hybridized carbons (Fsp3) is 0.269. The van der Waals surface area contributed by atoms with Crippen molar-refractivity contribution in [2.75, 3.05) is 0 Å². The molecule has 2 nitrogen and oxygen atoms in total. The number of hydrogen-bond acceptors (Lipinski definition) is 2. The smallest absolute Gasteiger partial charge is 0.377 e. The molecular formula is C26H31F3N2. The summed E-state index contributed by atoms with van der Waals surface area (Å²) < 4.78 is 39.9. The molecule has 31 heavy (non-hydrogen) atoms. The van der Waals surface area contributed by atoms with Crippen molar-refractivity contribution in [2.24, 2.45) is 0 Å². The van der Waals surface area contributed by atoms with Crippen molar-refractivity contribution in [3.8, 4) is 0 Å². The summed E-state index contributed by atoms with van der Waals surface area (Å²) in [6.45, 7) is 11.7. The van der Waals surface area contributed by atoms with E-state index in [-0.39, 0.29) is 0 Å². The average molecular weight is 429 g/mol. The van der Waals surface area contributed by atoms with Crippen LogP contribution >= 0.6 is 0 Å². The zero-order valence-corrected chi connectivity index (χ0v) is 18.6. The summed E-state index contributed by atoms with van der Waals surface area (Å²) in [5.41, 5.74) is 0.382. The monoisotopic (exact) mass is 428 g/mol. The molecule has 0 aliphatic rings. The van der Waals surface area contributed by atoms with Crippen molar-refractivity contribution in [2.45, 2.75) is 45.8 Å². The van der Waals surface area contributed by atoms with Gasteiger partial charge in [0, 0.05) is 12.6 Å². The van der Waals surface area contributed by atoms with Crippen LogP contribution in [0.3, 0.4) is 0 Å². The third kappa shape index (κ3) is 6.71. The van der Waals surface area contributed by atoms with Gasteiger partial charge in [-0.25, -0.2) is 0 Å². The first-order valence-electron chi connectivity index (χ1n) is 10.5. The highest BCUT2D eigenvalue weighted by atomic mass is 19.4. The van der Waals surface area contributed by atoms with Crippen LogP contribution in [0.5, 0.6) is 0 Å². The summed E-state index contributed by atoms with van der Waals surface area (Å²) in [7, 11) is 0. The molecule has 5 heteroatoms. The van der Waals surface area contributed by atoms with Crippen molar-refractivity contribution in [3.63, 3.8) is 0 Å². The molecule has 0 saturated carbocycles. The van der Waals surface area contributed by atoms with E-state index in [0.29, 0.717) is 17.7 Å². The van der Waals surface area contributed by atoms with Gasteiger partial charge in [-0.05, 0) is 41.6 Å². The van der Waals surface area contributed by atoms with Gasteiger partial charge in [0.25, 0.3) is 0 Å². The van der Waals surface area contributed by atoms with Crippen LogP contribution in [0.25, 0.3) is 0 Å².